The molecule has 3 aromatic carbocycles. The van der Waals surface area contributed by atoms with Crippen molar-refractivity contribution in [1.82, 2.24) is 4.90 Å². The smallest absolute Gasteiger partial charge is 0.309 e. The normalized spacial score (nSPS) is 19.3. The zero-order valence-electron chi connectivity index (χ0n) is 25.4. The van der Waals surface area contributed by atoms with E-state index in [0.717, 1.165) is 28.8 Å². The number of halogens is 2. The summed E-state index contributed by atoms with van der Waals surface area (Å²) in [4.78, 5) is 28.2. The summed E-state index contributed by atoms with van der Waals surface area (Å²) in [5, 5.41) is 13.6. The van der Waals surface area contributed by atoms with Crippen LogP contribution < -0.4 is 19.5 Å². The number of carbonyl (C=O) groups is 2. The third kappa shape index (κ3) is 6.22. The highest BCUT2D eigenvalue weighted by molar-refractivity contribution is 5.94. The van der Waals surface area contributed by atoms with Crippen molar-refractivity contribution in [3.8, 4) is 17.2 Å². The summed E-state index contributed by atoms with van der Waals surface area (Å²) in [5.74, 6) is -4.35. The van der Waals surface area contributed by atoms with Crippen molar-refractivity contribution < 1.29 is 37.7 Å². The highest BCUT2D eigenvalue weighted by Crippen LogP contribution is 2.49. The van der Waals surface area contributed by atoms with Gasteiger partial charge in [0.25, 0.3) is 0 Å². The van der Waals surface area contributed by atoms with E-state index in [4.69, 9.17) is 14.2 Å². The first kappa shape index (κ1) is 31.3. The fourth-order valence-electron chi connectivity index (χ4n) is 6.38. The maximum Gasteiger partial charge on any atom is 0.309 e. The number of ether oxygens (including phenoxy) is 3. The van der Waals surface area contributed by atoms with Gasteiger partial charge in [-0.1, -0.05) is 44.5 Å². The van der Waals surface area contributed by atoms with Gasteiger partial charge in [0.2, 0.25) is 18.4 Å². The number of carboxylic acids is 1. The number of nitrogens with one attached hydrogen (secondary N) is 1. The molecule has 0 spiro atoms. The Kier molecular flexibility index (Phi) is 9.39. The Bertz CT molecular complexity index is 1540. The molecule has 1 fully saturated rings. The SMILES string of the molecule is CCCOc1ccc([C@H]2C(C(=O)O)[C@@H](c3cc(F)c4c(c3)OCO4)CN2CC(=O)Nc2c(CC)cc(C)cc2CC)c(F)c1. The highest BCUT2D eigenvalue weighted by atomic mass is 19.1. The van der Waals surface area contributed by atoms with Gasteiger partial charge in [-0.2, -0.15) is 0 Å². The predicted molar refractivity (Wildman–Crippen MR) is 161 cm³/mol. The summed E-state index contributed by atoms with van der Waals surface area (Å²) in [5.41, 5.74) is 4.33. The molecule has 0 saturated carbocycles. The van der Waals surface area contributed by atoms with Gasteiger partial charge in [-0.15, -0.1) is 0 Å². The van der Waals surface area contributed by atoms with E-state index in [-0.39, 0.29) is 42.9 Å². The minimum Gasteiger partial charge on any atom is -0.494 e. The van der Waals surface area contributed by atoms with Gasteiger partial charge in [-0.05, 0) is 61.1 Å². The van der Waals surface area contributed by atoms with Crippen molar-refractivity contribution in [2.24, 2.45) is 5.92 Å². The molecule has 0 radical (unpaired) electrons. The molecule has 5 rings (SSSR count). The number of anilines is 1. The number of hydrogen-bond donors (Lipinski definition) is 2. The lowest BCUT2D eigenvalue weighted by Gasteiger charge is -2.27. The Morgan fingerprint density at radius 3 is 2.39 bits per heavy atom. The van der Waals surface area contributed by atoms with Gasteiger partial charge in [0.1, 0.15) is 11.6 Å². The van der Waals surface area contributed by atoms with E-state index in [2.05, 4.69) is 5.32 Å². The number of carboxylic acid groups (broad SMARTS) is 1. The summed E-state index contributed by atoms with van der Waals surface area (Å²) in [6, 6.07) is 10.2. The monoisotopic (exact) mass is 608 g/mol. The number of fused-ring (bicyclic) bond motifs is 1. The van der Waals surface area contributed by atoms with Gasteiger partial charge in [-0.3, -0.25) is 14.5 Å². The minimum absolute atomic E-state index is 0.0309. The van der Waals surface area contributed by atoms with E-state index in [9.17, 15) is 19.1 Å². The second-order valence-electron chi connectivity index (χ2n) is 11.3. The molecule has 1 saturated heterocycles. The molecule has 8 nitrogen and oxygen atoms in total. The van der Waals surface area contributed by atoms with E-state index in [1.807, 2.05) is 39.8 Å². The topological polar surface area (TPSA) is 97.3 Å². The number of likely N-dealkylation sites (tertiary alicyclic amines) is 1. The van der Waals surface area contributed by atoms with Gasteiger partial charge >= 0.3 is 5.97 Å². The maximum absolute atomic E-state index is 15.7. The molecule has 3 atom stereocenters. The van der Waals surface area contributed by atoms with Gasteiger partial charge in [0, 0.05) is 29.8 Å². The summed E-state index contributed by atoms with van der Waals surface area (Å²) < 4.78 is 46.9. The molecule has 3 aromatic rings. The molecule has 44 heavy (non-hydrogen) atoms. The van der Waals surface area contributed by atoms with Crippen LogP contribution in [-0.4, -0.2) is 48.4 Å². The third-order valence-corrected chi connectivity index (χ3v) is 8.34. The molecule has 2 N–H and O–H groups in total. The second kappa shape index (κ2) is 13.2. The van der Waals surface area contributed by atoms with Crippen molar-refractivity contribution in [2.75, 3.05) is 31.8 Å². The molecular weight excluding hydrogens is 570 g/mol. The average Bonchev–Trinajstić information content (AvgIpc) is 3.62. The van der Waals surface area contributed by atoms with Crippen LogP contribution in [0.2, 0.25) is 0 Å². The first-order chi connectivity index (χ1) is 21.1. The third-order valence-electron chi connectivity index (χ3n) is 8.34. The van der Waals surface area contributed by atoms with Gasteiger partial charge < -0.3 is 24.6 Å². The van der Waals surface area contributed by atoms with E-state index < -0.39 is 35.5 Å². The van der Waals surface area contributed by atoms with Crippen LogP contribution in [0.15, 0.2) is 42.5 Å². The number of nitrogens with zero attached hydrogens (tertiary/aromatic N) is 1. The van der Waals surface area contributed by atoms with E-state index in [0.29, 0.717) is 30.8 Å². The molecule has 0 aliphatic carbocycles. The number of amides is 1. The highest BCUT2D eigenvalue weighted by Gasteiger charge is 2.49. The predicted octanol–water partition coefficient (Wildman–Crippen LogP) is 6.40. The number of aryl methyl sites for hydroxylation is 3. The van der Waals surface area contributed by atoms with E-state index in [1.165, 1.54) is 18.2 Å². The van der Waals surface area contributed by atoms with Crippen LogP contribution in [0.25, 0.3) is 0 Å². The van der Waals surface area contributed by atoms with Crippen molar-refractivity contribution in [2.45, 2.75) is 58.9 Å². The van der Waals surface area contributed by atoms with Crippen molar-refractivity contribution in [3.05, 3.63) is 81.9 Å². The zero-order chi connectivity index (χ0) is 31.5. The van der Waals surface area contributed by atoms with Gasteiger partial charge in [0.05, 0.1) is 25.1 Å². The fraction of sp³-hybridized carbons (Fsp3) is 0.412. The molecule has 1 amide bonds. The van der Waals surface area contributed by atoms with Crippen LogP contribution >= 0.6 is 0 Å². The Labute approximate surface area is 255 Å². The summed E-state index contributed by atoms with van der Waals surface area (Å²) in [7, 11) is 0. The van der Waals surface area contributed by atoms with Crippen LogP contribution in [0.3, 0.4) is 0 Å². The minimum atomic E-state index is -1.20. The number of hydrogen-bond acceptors (Lipinski definition) is 6. The van der Waals surface area contributed by atoms with Crippen LogP contribution in [0.5, 0.6) is 17.2 Å². The molecule has 0 aromatic heterocycles. The van der Waals surface area contributed by atoms with Crippen molar-refractivity contribution in [1.29, 1.82) is 0 Å². The van der Waals surface area contributed by atoms with Crippen LogP contribution in [0.4, 0.5) is 14.5 Å². The molecule has 2 aliphatic rings. The molecule has 234 valence electrons. The molecule has 0 bridgehead atoms. The number of aliphatic carboxylic acids is 1. The Hall–Kier alpha value is -4.18. The lowest BCUT2D eigenvalue weighted by molar-refractivity contribution is -0.143. The van der Waals surface area contributed by atoms with Crippen LogP contribution in [-0.2, 0) is 22.4 Å². The molecule has 2 aliphatic heterocycles. The number of carbonyl (C=O) groups excluding carboxylic acids is 1. The van der Waals surface area contributed by atoms with E-state index >= 15 is 4.39 Å². The lowest BCUT2D eigenvalue weighted by Crippen LogP contribution is -2.36. The second-order valence-corrected chi connectivity index (χ2v) is 11.3. The molecule has 1 unspecified atom stereocenters. The number of benzene rings is 3. The average molecular weight is 609 g/mol. The summed E-state index contributed by atoms with van der Waals surface area (Å²) in [6.07, 6.45) is 2.17. The quantitative estimate of drug-likeness (QED) is 0.260. The van der Waals surface area contributed by atoms with Crippen LogP contribution in [0.1, 0.15) is 67.0 Å². The van der Waals surface area contributed by atoms with E-state index in [1.54, 1.807) is 17.0 Å². The Balaban J connectivity index is 1.53. The zero-order valence-corrected chi connectivity index (χ0v) is 25.4. The molecule has 2 heterocycles. The van der Waals surface area contributed by atoms with Crippen LogP contribution in [0, 0.1) is 24.5 Å². The summed E-state index contributed by atoms with van der Waals surface area (Å²) in [6.45, 7) is 8.11. The standard InChI is InChI=1S/C34H38F2N2O6/c1-5-10-42-23-8-9-24(26(35)15-23)32-30(34(40)41)25(22-13-27(36)33-28(14-22)43-18-44-33)16-38(32)17-29(39)37-31-20(6-2)11-19(4)12-21(31)7-3/h8-9,11-15,25,30,32H,5-7,10,16-18H2,1-4H3,(H,37,39)(H,40,41)/t25-,30?,32+/m1/s1. The summed E-state index contributed by atoms with van der Waals surface area (Å²) >= 11 is 0. The molecule has 10 heteroatoms. The maximum atomic E-state index is 15.7. The van der Waals surface area contributed by atoms with Gasteiger partial charge in [0.15, 0.2) is 11.6 Å². The largest absolute Gasteiger partial charge is 0.494 e. The first-order valence-corrected chi connectivity index (χ1v) is 15.0. The van der Waals surface area contributed by atoms with Crippen molar-refractivity contribution >= 4 is 17.6 Å². The molecular formula is C34H38F2N2O6. The number of rotatable bonds is 11. The Morgan fingerprint density at radius 1 is 1.02 bits per heavy atom. The van der Waals surface area contributed by atoms with Gasteiger partial charge in [-0.25, -0.2) is 8.78 Å². The fourth-order valence-corrected chi connectivity index (χ4v) is 6.38. The Morgan fingerprint density at radius 2 is 1.75 bits per heavy atom. The van der Waals surface area contributed by atoms with Crippen molar-refractivity contribution in [3.63, 3.8) is 0 Å². The first-order valence-electron chi connectivity index (χ1n) is 15.0. The lowest BCUT2D eigenvalue weighted by atomic mass is 9.82.